The molecule has 0 saturated heterocycles. The van der Waals surface area contributed by atoms with Crippen LogP contribution in [0.25, 0.3) is 10.9 Å². The number of carbonyl (C=O) groups excluding carboxylic acids is 3. The number of aliphatic imine (C=N–C) groups is 1. The van der Waals surface area contributed by atoms with Gasteiger partial charge in [-0.15, -0.1) is 0 Å². The highest BCUT2D eigenvalue weighted by Gasteiger charge is 2.29. The number of para-hydroxylation sites is 1. The summed E-state index contributed by atoms with van der Waals surface area (Å²) < 4.78 is 0. The number of H-pyrrole nitrogens is 1. The van der Waals surface area contributed by atoms with Gasteiger partial charge in [0.25, 0.3) is 0 Å². The number of carbonyl (C=O) groups is 4. The molecule has 13 heteroatoms. The van der Waals surface area contributed by atoms with Gasteiger partial charge in [0.15, 0.2) is 5.96 Å². The highest BCUT2D eigenvalue weighted by atomic mass is 16.4. The zero-order valence-corrected chi connectivity index (χ0v) is 22.6. The molecule has 0 radical (unpaired) electrons. The van der Waals surface area contributed by atoms with E-state index >= 15 is 0 Å². The number of amides is 3. The zero-order valence-electron chi connectivity index (χ0n) is 22.6. The molecule has 11 N–H and O–H groups in total. The minimum atomic E-state index is -1.21. The Morgan fingerprint density at radius 3 is 2.28 bits per heavy atom. The predicted molar refractivity (Wildman–Crippen MR) is 148 cm³/mol. The number of nitrogens with two attached hydrogens (primary N) is 3. The van der Waals surface area contributed by atoms with Crippen LogP contribution in [-0.4, -0.2) is 70.5 Å². The summed E-state index contributed by atoms with van der Waals surface area (Å²) in [4.78, 5) is 57.3. The minimum absolute atomic E-state index is 0.0153. The lowest BCUT2D eigenvalue weighted by atomic mass is 10.0. The monoisotopic (exact) mass is 544 g/mol. The second kappa shape index (κ2) is 14.7. The molecular formula is C26H40N8O5. The number of aromatic amines is 1. The highest BCUT2D eigenvalue weighted by Crippen LogP contribution is 2.19. The van der Waals surface area contributed by atoms with Crippen molar-refractivity contribution in [1.29, 1.82) is 0 Å². The first-order chi connectivity index (χ1) is 18.4. The van der Waals surface area contributed by atoms with E-state index in [1.165, 1.54) is 6.92 Å². The van der Waals surface area contributed by atoms with E-state index in [-0.39, 0.29) is 24.7 Å². The Hall–Kier alpha value is -4.13. The van der Waals surface area contributed by atoms with E-state index < -0.39 is 47.9 Å². The molecule has 0 saturated carbocycles. The molecule has 2 aromatic rings. The maximum atomic E-state index is 13.1. The third kappa shape index (κ3) is 9.93. The fourth-order valence-corrected chi connectivity index (χ4v) is 4.03. The molecule has 13 nitrogen and oxygen atoms in total. The van der Waals surface area contributed by atoms with Gasteiger partial charge in [0.05, 0.1) is 6.04 Å². The number of carboxylic acid groups (broad SMARTS) is 1. The number of guanidine groups is 1. The van der Waals surface area contributed by atoms with Crippen LogP contribution in [0.15, 0.2) is 35.5 Å². The quantitative estimate of drug-likeness (QED) is 0.0840. The molecule has 0 aliphatic heterocycles. The van der Waals surface area contributed by atoms with Crippen molar-refractivity contribution in [1.82, 2.24) is 20.9 Å². The van der Waals surface area contributed by atoms with Gasteiger partial charge in [-0.05, 0) is 43.7 Å². The number of aliphatic carboxylic acids is 1. The molecular weight excluding hydrogens is 504 g/mol. The van der Waals surface area contributed by atoms with Gasteiger partial charge in [-0.3, -0.25) is 19.4 Å². The Bertz CT molecular complexity index is 1170. The lowest BCUT2D eigenvalue weighted by Gasteiger charge is -2.25. The van der Waals surface area contributed by atoms with Crippen LogP contribution >= 0.6 is 0 Å². The summed E-state index contributed by atoms with van der Waals surface area (Å²) in [6.45, 7) is 5.54. The smallest absolute Gasteiger partial charge is 0.326 e. The van der Waals surface area contributed by atoms with Crippen molar-refractivity contribution in [3.05, 3.63) is 36.0 Å². The standard InChI is InChI=1S/C26H40N8O5/c1-14(2)11-20(33-22(35)15(3)32-23(36)18(27)8-6-10-30-26(28)29)24(37)34-21(25(38)39)12-16-13-31-19-9-5-4-7-17(16)19/h4-5,7,9,13-15,18,20-21,31H,6,8,10-12,27H2,1-3H3,(H,32,36)(H,33,35)(H,34,37)(H,38,39)(H4,28,29,30). The molecule has 4 atom stereocenters. The second-order valence-electron chi connectivity index (χ2n) is 9.94. The first kappa shape index (κ1) is 31.1. The fraction of sp³-hybridized carbons (Fsp3) is 0.500. The van der Waals surface area contributed by atoms with E-state index in [1.54, 1.807) is 6.20 Å². The average Bonchev–Trinajstić information content (AvgIpc) is 3.27. The van der Waals surface area contributed by atoms with Crippen LogP contribution in [0.1, 0.15) is 45.6 Å². The fourth-order valence-electron chi connectivity index (χ4n) is 4.03. The Morgan fingerprint density at radius 1 is 0.974 bits per heavy atom. The molecule has 1 aromatic carbocycles. The van der Waals surface area contributed by atoms with Gasteiger partial charge in [-0.25, -0.2) is 4.79 Å². The first-order valence-corrected chi connectivity index (χ1v) is 12.9. The predicted octanol–water partition coefficient (Wildman–Crippen LogP) is -0.304. The topological polar surface area (TPSA) is 231 Å². The third-order valence-electron chi connectivity index (χ3n) is 6.11. The molecule has 0 bridgehead atoms. The number of carboxylic acids is 1. The number of aromatic nitrogens is 1. The largest absolute Gasteiger partial charge is 0.480 e. The first-order valence-electron chi connectivity index (χ1n) is 12.9. The Balaban J connectivity index is 2.00. The lowest BCUT2D eigenvalue weighted by Crippen LogP contribution is -2.56. The maximum Gasteiger partial charge on any atom is 0.326 e. The lowest BCUT2D eigenvalue weighted by molar-refractivity contribution is -0.142. The summed E-state index contributed by atoms with van der Waals surface area (Å²) in [5.74, 6) is -2.98. The average molecular weight is 545 g/mol. The summed E-state index contributed by atoms with van der Waals surface area (Å²) in [5, 5.41) is 18.4. The van der Waals surface area contributed by atoms with E-state index in [9.17, 15) is 24.3 Å². The van der Waals surface area contributed by atoms with E-state index in [1.807, 2.05) is 38.1 Å². The molecule has 2 rings (SSSR count). The Kier molecular flexibility index (Phi) is 11.7. The summed E-state index contributed by atoms with van der Waals surface area (Å²) in [6, 6.07) is 3.39. The van der Waals surface area contributed by atoms with Crippen LogP contribution in [0, 0.1) is 5.92 Å². The van der Waals surface area contributed by atoms with E-state index in [2.05, 4.69) is 25.9 Å². The van der Waals surface area contributed by atoms with Crippen LogP contribution < -0.4 is 33.2 Å². The number of hydrogen-bond donors (Lipinski definition) is 8. The summed E-state index contributed by atoms with van der Waals surface area (Å²) >= 11 is 0. The molecule has 0 spiro atoms. The zero-order chi connectivity index (χ0) is 29.1. The van der Waals surface area contributed by atoms with Crippen LogP contribution in [0.3, 0.4) is 0 Å². The molecule has 4 unspecified atom stereocenters. The van der Waals surface area contributed by atoms with Crippen LogP contribution in [0.4, 0.5) is 0 Å². The number of hydrogen-bond acceptors (Lipinski definition) is 6. The number of fused-ring (bicyclic) bond motifs is 1. The van der Waals surface area contributed by atoms with Crippen molar-refractivity contribution < 1.29 is 24.3 Å². The second-order valence-corrected chi connectivity index (χ2v) is 9.94. The molecule has 0 aliphatic rings. The van der Waals surface area contributed by atoms with Gasteiger partial charge >= 0.3 is 5.97 Å². The number of nitrogens with one attached hydrogen (secondary N) is 4. The van der Waals surface area contributed by atoms with Crippen molar-refractivity contribution in [3.63, 3.8) is 0 Å². The van der Waals surface area contributed by atoms with Gasteiger partial charge in [0.1, 0.15) is 18.1 Å². The molecule has 39 heavy (non-hydrogen) atoms. The number of nitrogens with zero attached hydrogens (tertiary/aromatic N) is 1. The van der Waals surface area contributed by atoms with Crippen molar-refractivity contribution in [2.45, 2.75) is 70.6 Å². The highest BCUT2D eigenvalue weighted by molar-refractivity contribution is 5.94. The molecule has 0 aliphatic carbocycles. The van der Waals surface area contributed by atoms with Crippen LogP contribution in [0.5, 0.6) is 0 Å². The van der Waals surface area contributed by atoms with Gasteiger partial charge in [0, 0.05) is 30.1 Å². The van der Waals surface area contributed by atoms with Gasteiger partial charge in [0.2, 0.25) is 17.7 Å². The molecule has 3 amide bonds. The van der Waals surface area contributed by atoms with E-state index in [4.69, 9.17) is 17.2 Å². The Labute approximate surface area is 227 Å². The van der Waals surface area contributed by atoms with Crippen molar-refractivity contribution in [3.8, 4) is 0 Å². The van der Waals surface area contributed by atoms with Crippen molar-refractivity contribution >= 4 is 40.6 Å². The Morgan fingerprint density at radius 2 is 1.64 bits per heavy atom. The number of benzene rings is 1. The van der Waals surface area contributed by atoms with Crippen LogP contribution in [0.2, 0.25) is 0 Å². The van der Waals surface area contributed by atoms with Crippen molar-refractivity contribution in [2.75, 3.05) is 6.54 Å². The summed E-state index contributed by atoms with van der Waals surface area (Å²) in [5.41, 5.74) is 18.0. The molecule has 0 fully saturated rings. The molecule has 1 heterocycles. The third-order valence-corrected chi connectivity index (χ3v) is 6.11. The maximum absolute atomic E-state index is 13.1. The normalized spacial score (nSPS) is 14.2. The van der Waals surface area contributed by atoms with Crippen LogP contribution in [-0.2, 0) is 25.6 Å². The number of rotatable bonds is 15. The van der Waals surface area contributed by atoms with Crippen molar-refractivity contribution in [2.24, 2.45) is 28.1 Å². The molecule has 1 aromatic heterocycles. The van der Waals surface area contributed by atoms with Gasteiger partial charge in [-0.1, -0.05) is 32.0 Å². The minimum Gasteiger partial charge on any atom is -0.480 e. The SMILES string of the molecule is CC(C)CC(NC(=O)C(C)NC(=O)C(N)CCCN=C(N)N)C(=O)NC(Cc1c[nH]c2ccccc12)C(=O)O. The van der Waals surface area contributed by atoms with E-state index in [0.717, 1.165) is 16.5 Å². The van der Waals surface area contributed by atoms with E-state index in [0.29, 0.717) is 19.4 Å². The summed E-state index contributed by atoms with van der Waals surface area (Å²) in [6.07, 6.45) is 2.83. The van der Waals surface area contributed by atoms with Gasteiger partial charge < -0.3 is 43.2 Å². The molecule has 214 valence electrons. The summed E-state index contributed by atoms with van der Waals surface area (Å²) in [7, 11) is 0. The van der Waals surface area contributed by atoms with Gasteiger partial charge in [-0.2, -0.15) is 0 Å².